The van der Waals surface area contributed by atoms with E-state index in [-0.39, 0.29) is 5.67 Å². The molecule has 0 heterocycles. The summed E-state index contributed by atoms with van der Waals surface area (Å²) in [5.74, 6) is 0. The van der Waals surface area contributed by atoms with Gasteiger partial charge in [0.1, 0.15) is 0 Å². The molecule has 5 heteroatoms. The lowest BCUT2D eigenvalue weighted by molar-refractivity contribution is 0.107. The van der Waals surface area contributed by atoms with Gasteiger partial charge in [-0.25, -0.2) is 0 Å². The van der Waals surface area contributed by atoms with Crippen LogP contribution in [0.15, 0.2) is 36.4 Å². The molecule has 0 aromatic heterocycles. The molecule has 0 amide bonds. The van der Waals surface area contributed by atoms with E-state index < -0.39 is 8.80 Å². The Morgan fingerprint density at radius 2 is 1.70 bits per heavy atom. The lowest BCUT2D eigenvalue weighted by Gasteiger charge is -2.32. The van der Waals surface area contributed by atoms with Crippen LogP contribution >= 0.6 is 0 Å². The van der Waals surface area contributed by atoms with E-state index in [0.29, 0.717) is 0 Å². The van der Waals surface area contributed by atoms with Gasteiger partial charge < -0.3 is 18.6 Å². The summed E-state index contributed by atoms with van der Waals surface area (Å²) in [7, 11) is 2.31. The molecule has 1 aromatic rings. The minimum atomic E-state index is -2.62. The molecule has 112 valence electrons. The number of rotatable bonds is 9. The maximum Gasteiger partial charge on any atom is 0.518 e. The second kappa shape index (κ2) is 9.04. The van der Waals surface area contributed by atoms with Crippen molar-refractivity contribution in [2.24, 2.45) is 0 Å². The smallest absolute Gasteiger partial charge is 0.376 e. The van der Waals surface area contributed by atoms with E-state index in [1.165, 1.54) is 5.56 Å². The molecule has 1 aromatic carbocycles. The Labute approximate surface area is 123 Å². The predicted octanol–water partition coefficient (Wildman–Crippen LogP) is 2.49. The summed E-state index contributed by atoms with van der Waals surface area (Å²) in [5, 5.41) is 3.43. The van der Waals surface area contributed by atoms with Crippen molar-refractivity contribution >= 4 is 14.9 Å². The fourth-order valence-electron chi connectivity index (χ4n) is 2.17. The van der Waals surface area contributed by atoms with Gasteiger partial charge in [-0.3, -0.25) is 0 Å². The van der Waals surface area contributed by atoms with Crippen LogP contribution in [0.3, 0.4) is 0 Å². The van der Waals surface area contributed by atoms with Crippen molar-refractivity contribution in [3.05, 3.63) is 42.0 Å². The Balaban J connectivity index is 2.55. The largest absolute Gasteiger partial charge is 0.518 e. The van der Waals surface area contributed by atoms with Crippen LogP contribution in [-0.2, 0) is 13.3 Å². The van der Waals surface area contributed by atoms with Crippen molar-refractivity contribution in [2.45, 2.75) is 19.0 Å². The average molecular weight is 295 g/mol. The first-order chi connectivity index (χ1) is 9.72. The van der Waals surface area contributed by atoms with Crippen molar-refractivity contribution in [1.29, 1.82) is 0 Å². The van der Waals surface area contributed by atoms with Gasteiger partial charge in [0, 0.05) is 27.9 Å². The van der Waals surface area contributed by atoms with Gasteiger partial charge in [-0.05, 0) is 12.0 Å². The van der Waals surface area contributed by atoms with Crippen LogP contribution in [0.1, 0.15) is 18.9 Å². The maximum absolute atomic E-state index is 5.51. The SMILES string of the molecule is CCC(NCC=Cc1ccccc1)[Si](OC)(OC)OC. The molecule has 0 aliphatic carbocycles. The summed E-state index contributed by atoms with van der Waals surface area (Å²) in [5.41, 5.74) is 1.28. The average Bonchev–Trinajstić information content (AvgIpc) is 2.52. The molecule has 1 atom stereocenters. The van der Waals surface area contributed by atoms with Crippen LogP contribution in [0, 0.1) is 0 Å². The zero-order valence-electron chi connectivity index (χ0n) is 12.8. The Morgan fingerprint density at radius 3 is 2.20 bits per heavy atom. The fourth-order valence-corrected chi connectivity index (χ4v) is 4.39. The molecule has 1 N–H and O–H groups in total. The van der Waals surface area contributed by atoms with Gasteiger partial charge in [-0.2, -0.15) is 0 Å². The summed E-state index contributed by atoms with van der Waals surface area (Å²) < 4.78 is 16.5. The van der Waals surface area contributed by atoms with E-state index in [0.717, 1.165) is 13.0 Å². The van der Waals surface area contributed by atoms with Gasteiger partial charge in [0.2, 0.25) is 0 Å². The molecule has 4 nitrogen and oxygen atoms in total. The summed E-state index contributed by atoms with van der Waals surface area (Å²) in [6.45, 7) is 2.84. The van der Waals surface area contributed by atoms with Crippen molar-refractivity contribution in [2.75, 3.05) is 27.9 Å². The van der Waals surface area contributed by atoms with E-state index in [1.54, 1.807) is 21.3 Å². The maximum atomic E-state index is 5.51. The molecule has 1 rings (SSSR count). The summed E-state index contributed by atoms with van der Waals surface area (Å²) >= 11 is 0. The highest BCUT2D eigenvalue weighted by molar-refractivity contribution is 6.62. The minimum Gasteiger partial charge on any atom is -0.376 e. The Bertz CT molecular complexity index is 385. The topological polar surface area (TPSA) is 39.7 Å². The number of nitrogens with one attached hydrogen (secondary N) is 1. The molecule has 0 saturated heterocycles. The van der Waals surface area contributed by atoms with Gasteiger partial charge >= 0.3 is 8.80 Å². The first-order valence-corrected chi connectivity index (χ1v) is 8.63. The van der Waals surface area contributed by atoms with Gasteiger partial charge in [-0.1, -0.05) is 49.4 Å². The molecule has 0 aliphatic rings. The van der Waals surface area contributed by atoms with E-state index in [4.69, 9.17) is 13.3 Å². The molecule has 0 bridgehead atoms. The summed E-state index contributed by atoms with van der Waals surface area (Å²) in [6.07, 6.45) is 5.08. The third kappa shape index (κ3) is 4.54. The Morgan fingerprint density at radius 1 is 1.10 bits per heavy atom. The lowest BCUT2D eigenvalue weighted by atomic mass is 10.2. The van der Waals surface area contributed by atoms with Crippen molar-refractivity contribution in [3.8, 4) is 0 Å². The molecule has 0 radical (unpaired) electrons. The molecular weight excluding hydrogens is 270 g/mol. The molecule has 0 fully saturated rings. The fraction of sp³-hybridized carbons (Fsp3) is 0.467. The monoisotopic (exact) mass is 295 g/mol. The second-order valence-electron chi connectivity index (χ2n) is 4.40. The summed E-state index contributed by atoms with van der Waals surface area (Å²) in [6, 6.07) is 10.2. The van der Waals surface area contributed by atoms with Gasteiger partial charge in [-0.15, -0.1) is 0 Å². The molecule has 1 unspecified atom stereocenters. The van der Waals surface area contributed by atoms with Crippen molar-refractivity contribution < 1.29 is 13.3 Å². The molecule has 0 spiro atoms. The van der Waals surface area contributed by atoms with Gasteiger partial charge in [0.05, 0.1) is 5.67 Å². The van der Waals surface area contributed by atoms with E-state index in [9.17, 15) is 0 Å². The van der Waals surface area contributed by atoms with Crippen LogP contribution in [0.25, 0.3) is 6.08 Å². The Kier molecular flexibility index (Phi) is 7.72. The zero-order chi connectivity index (χ0) is 14.8. The second-order valence-corrected chi connectivity index (χ2v) is 7.53. The highest BCUT2D eigenvalue weighted by atomic mass is 28.4. The van der Waals surface area contributed by atoms with Gasteiger partial charge in [0.25, 0.3) is 0 Å². The molecular formula is C15H25NO3Si. The van der Waals surface area contributed by atoms with Crippen LogP contribution in [-0.4, -0.2) is 42.3 Å². The van der Waals surface area contributed by atoms with Crippen molar-refractivity contribution in [1.82, 2.24) is 5.32 Å². The third-order valence-corrected chi connectivity index (χ3v) is 6.45. The van der Waals surface area contributed by atoms with Crippen molar-refractivity contribution in [3.63, 3.8) is 0 Å². The molecule has 20 heavy (non-hydrogen) atoms. The zero-order valence-corrected chi connectivity index (χ0v) is 13.8. The highest BCUT2D eigenvalue weighted by Gasteiger charge is 2.46. The highest BCUT2D eigenvalue weighted by Crippen LogP contribution is 2.14. The van der Waals surface area contributed by atoms with E-state index in [1.807, 2.05) is 18.2 Å². The minimum absolute atomic E-state index is 0.0860. The number of hydrogen-bond acceptors (Lipinski definition) is 4. The van der Waals surface area contributed by atoms with Crippen LogP contribution < -0.4 is 5.32 Å². The molecule has 0 aliphatic heterocycles. The van der Waals surface area contributed by atoms with Crippen LogP contribution in [0.2, 0.25) is 0 Å². The third-order valence-electron chi connectivity index (χ3n) is 3.28. The number of benzene rings is 1. The lowest BCUT2D eigenvalue weighted by Crippen LogP contribution is -2.60. The Hall–Kier alpha value is -0.983. The van der Waals surface area contributed by atoms with Crippen LogP contribution in [0.5, 0.6) is 0 Å². The first-order valence-electron chi connectivity index (χ1n) is 6.82. The quantitative estimate of drug-likeness (QED) is 0.711. The van der Waals surface area contributed by atoms with Crippen LogP contribution in [0.4, 0.5) is 0 Å². The summed E-state index contributed by atoms with van der Waals surface area (Å²) in [4.78, 5) is 0. The van der Waals surface area contributed by atoms with E-state index in [2.05, 4.69) is 36.5 Å². The standard InChI is InChI=1S/C15H25NO3Si/c1-5-15(20(17-2,18-3)19-4)16-13-9-12-14-10-7-6-8-11-14/h6-12,15-16H,5,13H2,1-4H3. The van der Waals surface area contributed by atoms with E-state index >= 15 is 0 Å². The molecule has 0 saturated carbocycles. The normalized spacial score (nSPS) is 13.8. The van der Waals surface area contributed by atoms with Gasteiger partial charge in [0.15, 0.2) is 0 Å². The predicted molar refractivity (Wildman–Crippen MR) is 84.3 cm³/mol. The first kappa shape index (κ1) is 17.1. The number of hydrogen-bond donors (Lipinski definition) is 1.